The highest BCUT2D eigenvalue weighted by molar-refractivity contribution is 7.88. The van der Waals surface area contributed by atoms with Gasteiger partial charge in [-0.3, -0.25) is 9.89 Å². The second kappa shape index (κ2) is 10.1. The van der Waals surface area contributed by atoms with E-state index in [4.69, 9.17) is 11.6 Å². The second-order valence-corrected chi connectivity index (χ2v) is 8.56. The van der Waals surface area contributed by atoms with E-state index in [2.05, 4.69) is 30.9 Å². The molecular formula is C17H28ClN5O2S. The minimum absolute atomic E-state index is 0.308. The molecule has 1 aromatic rings. The molecule has 0 amide bonds. The van der Waals surface area contributed by atoms with E-state index in [9.17, 15) is 8.42 Å². The molecule has 0 unspecified atom stereocenters. The standard InChI is InChI=1S/C17H28ClN5O2S/c1-3-19-17(20-7-8-21-26(2,24)25)23-11-9-22(10-12-23)14-15-5-4-6-16(18)13-15/h4-6,13,21H,3,7-12,14H2,1-2H3,(H,19,20). The quantitative estimate of drug-likeness (QED) is 0.404. The van der Waals surface area contributed by atoms with Crippen molar-refractivity contribution in [2.45, 2.75) is 13.5 Å². The molecule has 1 heterocycles. The predicted molar refractivity (Wildman–Crippen MR) is 107 cm³/mol. The molecule has 7 nitrogen and oxygen atoms in total. The zero-order valence-electron chi connectivity index (χ0n) is 15.4. The van der Waals surface area contributed by atoms with Crippen molar-refractivity contribution in [3.8, 4) is 0 Å². The molecule has 0 bridgehead atoms. The van der Waals surface area contributed by atoms with Crippen LogP contribution in [0.15, 0.2) is 29.3 Å². The van der Waals surface area contributed by atoms with Gasteiger partial charge in [0.25, 0.3) is 0 Å². The van der Waals surface area contributed by atoms with E-state index in [1.165, 1.54) is 5.56 Å². The first-order chi connectivity index (χ1) is 12.4. The monoisotopic (exact) mass is 401 g/mol. The lowest BCUT2D eigenvalue weighted by Crippen LogP contribution is -2.52. The minimum Gasteiger partial charge on any atom is -0.357 e. The molecule has 0 saturated carbocycles. The number of halogens is 1. The zero-order valence-corrected chi connectivity index (χ0v) is 17.0. The Labute approximate surface area is 161 Å². The number of guanidine groups is 1. The van der Waals surface area contributed by atoms with Crippen molar-refractivity contribution in [1.82, 2.24) is 19.8 Å². The molecule has 26 heavy (non-hydrogen) atoms. The van der Waals surface area contributed by atoms with Crippen molar-refractivity contribution >= 4 is 27.6 Å². The highest BCUT2D eigenvalue weighted by Crippen LogP contribution is 2.14. The highest BCUT2D eigenvalue weighted by Gasteiger charge is 2.19. The van der Waals surface area contributed by atoms with Crippen LogP contribution in [-0.4, -0.2) is 76.2 Å². The van der Waals surface area contributed by atoms with Crippen LogP contribution in [0.25, 0.3) is 0 Å². The molecular weight excluding hydrogens is 374 g/mol. The maximum absolute atomic E-state index is 11.1. The number of sulfonamides is 1. The fourth-order valence-corrected chi connectivity index (χ4v) is 3.50. The number of rotatable bonds is 7. The second-order valence-electron chi connectivity index (χ2n) is 6.30. The van der Waals surface area contributed by atoms with Gasteiger partial charge < -0.3 is 10.2 Å². The number of nitrogens with one attached hydrogen (secondary N) is 2. The molecule has 0 aliphatic carbocycles. The number of hydrogen-bond acceptors (Lipinski definition) is 4. The molecule has 0 spiro atoms. The largest absolute Gasteiger partial charge is 0.357 e. The summed E-state index contributed by atoms with van der Waals surface area (Å²) >= 11 is 6.06. The number of benzene rings is 1. The Balaban J connectivity index is 1.84. The average molecular weight is 402 g/mol. The van der Waals surface area contributed by atoms with Crippen LogP contribution in [0.3, 0.4) is 0 Å². The fourth-order valence-electron chi connectivity index (χ4n) is 2.83. The van der Waals surface area contributed by atoms with Crippen LogP contribution in [0.1, 0.15) is 12.5 Å². The summed E-state index contributed by atoms with van der Waals surface area (Å²) in [5.74, 6) is 0.838. The molecule has 1 aliphatic heterocycles. The summed E-state index contributed by atoms with van der Waals surface area (Å²) < 4.78 is 24.7. The maximum atomic E-state index is 11.1. The van der Waals surface area contributed by atoms with Gasteiger partial charge in [-0.05, 0) is 24.6 Å². The topological polar surface area (TPSA) is 77.0 Å². The van der Waals surface area contributed by atoms with Crippen molar-refractivity contribution in [3.05, 3.63) is 34.9 Å². The van der Waals surface area contributed by atoms with Gasteiger partial charge in [-0.15, -0.1) is 0 Å². The first-order valence-corrected chi connectivity index (χ1v) is 11.1. The van der Waals surface area contributed by atoms with Crippen LogP contribution in [-0.2, 0) is 16.6 Å². The molecule has 1 aromatic carbocycles. The van der Waals surface area contributed by atoms with Gasteiger partial charge in [0.05, 0.1) is 12.8 Å². The summed E-state index contributed by atoms with van der Waals surface area (Å²) in [6, 6.07) is 7.97. The van der Waals surface area contributed by atoms with Crippen molar-refractivity contribution in [3.63, 3.8) is 0 Å². The van der Waals surface area contributed by atoms with Crippen molar-refractivity contribution < 1.29 is 8.42 Å². The van der Waals surface area contributed by atoms with Crippen LogP contribution in [0, 0.1) is 0 Å². The number of aliphatic imine (C=N–C) groups is 1. The molecule has 1 aliphatic rings. The van der Waals surface area contributed by atoms with Gasteiger partial charge in [-0.25, -0.2) is 13.1 Å². The Hall–Kier alpha value is -1.35. The predicted octanol–water partition coefficient (Wildman–Crippen LogP) is 0.972. The SMILES string of the molecule is CCNC(=NCCNS(C)(=O)=O)N1CCN(Cc2cccc(Cl)c2)CC1. The van der Waals surface area contributed by atoms with Crippen molar-refractivity contribution in [1.29, 1.82) is 0 Å². The lowest BCUT2D eigenvalue weighted by atomic mass is 10.2. The van der Waals surface area contributed by atoms with E-state index < -0.39 is 10.0 Å². The summed E-state index contributed by atoms with van der Waals surface area (Å²) in [4.78, 5) is 9.15. The van der Waals surface area contributed by atoms with Gasteiger partial charge in [0.1, 0.15) is 0 Å². The third kappa shape index (κ3) is 7.49. The minimum atomic E-state index is -3.17. The molecule has 9 heteroatoms. The highest BCUT2D eigenvalue weighted by atomic mass is 35.5. The Kier molecular flexibility index (Phi) is 8.15. The molecule has 0 radical (unpaired) electrons. The van der Waals surface area contributed by atoms with Gasteiger partial charge >= 0.3 is 0 Å². The van der Waals surface area contributed by atoms with Crippen LogP contribution >= 0.6 is 11.6 Å². The molecule has 0 atom stereocenters. The number of piperazine rings is 1. The molecule has 2 N–H and O–H groups in total. The van der Waals surface area contributed by atoms with Crippen LogP contribution in [0.4, 0.5) is 0 Å². The number of hydrogen-bond donors (Lipinski definition) is 2. The first-order valence-electron chi connectivity index (χ1n) is 8.82. The summed E-state index contributed by atoms with van der Waals surface area (Å²) in [6.07, 6.45) is 1.15. The number of nitrogens with zero attached hydrogens (tertiary/aromatic N) is 3. The van der Waals surface area contributed by atoms with E-state index >= 15 is 0 Å². The smallest absolute Gasteiger partial charge is 0.208 e. The molecule has 1 saturated heterocycles. The van der Waals surface area contributed by atoms with Gasteiger partial charge in [0.2, 0.25) is 10.0 Å². The Morgan fingerprint density at radius 1 is 1.27 bits per heavy atom. The van der Waals surface area contributed by atoms with Crippen molar-refractivity contribution in [2.24, 2.45) is 4.99 Å². The van der Waals surface area contributed by atoms with E-state index in [0.29, 0.717) is 13.1 Å². The summed E-state index contributed by atoms with van der Waals surface area (Å²) in [5.41, 5.74) is 1.22. The lowest BCUT2D eigenvalue weighted by Gasteiger charge is -2.36. The zero-order chi connectivity index (χ0) is 19.0. The summed E-state index contributed by atoms with van der Waals surface area (Å²) in [6.45, 7) is 8.07. The average Bonchev–Trinajstić information content (AvgIpc) is 2.58. The Bertz CT molecular complexity index is 703. The van der Waals surface area contributed by atoms with E-state index in [1.54, 1.807) is 0 Å². The molecule has 2 rings (SSSR count). The maximum Gasteiger partial charge on any atom is 0.208 e. The Morgan fingerprint density at radius 2 is 2.00 bits per heavy atom. The fraction of sp³-hybridized carbons (Fsp3) is 0.588. The normalized spacial score (nSPS) is 16.7. The van der Waals surface area contributed by atoms with Crippen LogP contribution < -0.4 is 10.0 Å². The van der Waals surface area contributed by atoms with Gasteiger partial charge in [-0.2, -0.15) is 0 Å². The summed E-state index contributed by atoms with van der Waals surface area (Å²) in [7, 11) is -3.17. The van der Waals surface area contributed by atoms with Crippen molar-refractivity contribution in [2.75, 3.05) is 52.1 Å². The van der Waals surface area contributed by atoms with Crippen LogP contribution in [0.5, 0.6) is 0 Å². The van der Waals surface area contributed by atoms with Gasteiger partial charge in [0, 0.05) is 50.8 Å². The van der Waals surface area contributed by atoms with Gasteiger partial charge in [-0.1, -0.05) is 23.7 Å². The molecule has 1 fully saturated rings. The van der Waals surface area contributed by atoms with E-state index in [1.807, 2.05) is 25.1 Å². The first kappa shape index (κ1) is 21.0. The third-order valence-corrected chi connectivity index (χ3v) is 5.00. The Morgan fingerprint density at radius 3 is 2.62 bits per heavy atom. The molecule has 146 valence electrons. The van der Waals surface area contributed by atoms with E-state index in [-0.39, 0.29) is 0 Å². The van der Waals surface area contributed by atoms with E-state index in [0.717, 1.165) is 56.5 Å². The third-order valence-electron chi connectivity index (χ3n) is 4.04. The molecule has 0 aromatic heterocycles. The van der Waals surface area contributed by atoms with Gasteiger partial charge in [0.15, 0.2) is 5.96 Å². The van der Waals surface area contributed by atoms with Crippen LogP contribution in [0.2, 0.25) is 5.02 Å². The summed E-state index contributed by atoms with van der Waals surface area (Å²) in [5, 5.41) is 4.05. The lowest BCUT2D eigenvalue weighted by molar-refractivity contribution is 0.172.